The minimum Gasteiger partial charge on any atom is -0.383 e. The molecule has 1 aromatic carbocycles. The number of carbonyl (C=O) groups excluding carboxylic acids is 1. The van der Waals surface area contributed by atoms with Crippen LogP contribution in [0.3, 0.4) is 0 Å². The monoisotopic (exact) mass is 270 g/mol. The van der Waals surface area contributed by atoms with Gasteiger partial charge in [-0.15, -0.1) is 0 Å². The van der Waals surface area contributed by atoms with Gasteiger partial charge in [0.25, 0.3) is 5.91 Å². The summed E-state index contributed by atoms with van der Waals surface area (Å²) in [6.45, 7) is 0.466. The van der Waals surface area contributed by atoms with Crippen LogP contribution in [0.15, 0.2) is 54.7 Å². The summed E-state index contributed by atoms with van der Waals surface area (Å²) < 4.78 is 5.18. The van der Waals surface area contributed by atoms with E-state index in [1.807, 2.05) is 30.3 Å². The maximum atomic E-state index is 12.1. The van der Waals surface area contributed by atoms with Crippen LogP contribution in [-0.2, 0) is 11.2 Å². The number of carbonyl (C=O) groups is 1. The first-order valence-corrected chi connectivity index (χ1v) is 6.54. The Kier molecular flexibility index (Phi) is 5.26. The molecule has 4 nitrogen and oxygen atoms in total. The number of methoxy groups -OCH3 is 1. The number of pyridine rings is 1. The Morgan fingerprint density at radius 1 is 1.20 bits per heavy atom. The molecule has 0 bridgehead atoms. The normalized spacial score (nSPS) is 11.8. The number of aromatic nitrogens is 1. The molecular formula is C16H18N2O2. The first-order chi connectivity index (χ1) is 9.79. The fraction of sp³-hybridized carbons (Fsp3) is 0.250. The van der Waals surface area contributed by atoms with Crippen molar-refractivity contribution >= 4 is 5.91 Å². The van der Waals surface area contributed by atoms with E-state index in [4.69, 9.17) is 4.74 Å². The van der Waals surface area contributed by atoms with Crippen molar-refractivity contribution in [3.63, 3.8) is 0 Å². The van der Waals surface area contributed by atoms with Gasteiger partial charge in [-0.1, -0.05) is 36.4 Å². The van der Waals surface area contributed by atoms with Gasteiger partial charge in [0.2, 0.25) is 0 Å². The highest BCUT2D eigenvalue weighted by atomic mass is 16.5. The third kappa shape index (κ3) is 4.17. The summed E-state index contributed by atoms with van der Waals surface area (Å²) in [4.78, 5) is 16.1. The second-order valence-corrected chi connectivity index (χ2v) is 4.53. The van der Waals surface area contributed by atoms with E-state index in [9.17, 15) is 4.79 Å². The fourth-order valence-corrected chi connectivity index (χ4v) is 2.01. The summed E-state index contributed by atoms with van der Waals surface area (Å²) in [5.41, 5.74) is 1.58. The van der Waals surface area contributed by atoms with Gasteiger partial charge in [0.1, 0.15) is 5.69 Å². The van der Waals surface area contributed by atoms with E-state index in [-0.39, 0.29) is 11.9 Å². The van der Waals surface area contributed by atoms with Crippen molar-refractivity contribution in [2.24, 2.45) is 0 Å². The van der Waals surface area contributed by atoms with E-state index in [1.54, 1.807) is 31.5 Å². The smallest absolute Gasteiger partial charge is 0.270 e. The SMILES string of the molecule is COC[C@H](Cc1ccccc1)NC(=O)c1ccccn1. The van der Waals surface area contributed by atoms with Crippen LogP contribution in [0.1, 0.15) is 16.1 Å². The van der Waals surface area contributed by atoms with Gasteiger partial charge in [0.05, 0.1) is 12.6 Å². The Morgan fingerprint density at radius 2 is 1.95 bits per heavy atom. The molecule has 0 aliphatic carbocycles. The lowest BCUT2D eigenvalue weighted by Crippen LogP contribution is -2.39. The van der Waals surface area contributed by atoms with Gasteiger partial charge in [-0.3, -0.25) is 9.78 Å². The number of ether oxygens (including phenoxy) is 1. The van der Waals surface area contributed by atoms with Crippen molar-refractivity contribution in [3.8, 4) is 0 Å². The zero-order valence-corrected chi connectivity index (χ0v) is 11.5. The van der Waals surface area contributed by atoms with Crippen LogP contribution in [0.2, 0.25) is 0 Å². The predicted octanol–water partition coefficient (Wildman–Crippen LogP) is 2.07. The molecule has 4 heteroatoms. The van der Waals surface area contributed by atoms with Crippen LogP contribution >= 0.6 is 0 Å². The lowest BCUT2D eigenvalue weighted by molar-refractivity contribution is 0.0892. The predicted molar refractivity (Wildman–Crippen MR) is 77.5 cm³/mol. The Bertz CT molecular complexity index is 529. The Morgan fingerprint density at radius 3 is 2.60 bits per heavy atom. The lowest BCUT2D eigenvalue weighted by atomic mass is 10.1. The molecule has 104 valence electrons. The van der Waals surface area contributed by atoms with E-state index in [2.05, 4.69) is 10.3 Å². The molecule has 0 unspecified atom stereocenters. The molecule has 1 heterocycles. The highest BCUT2D eigenvalue weighted by molar-refractivity contribution is 5.92. The van der Waals surface area contributed by atoms with Crippen LogP contribution < -0.4 is 5.32 Å². The van der Waals surface area contributed by atoms with Gasteiger partial charge in [0, 0.05) is 13.3 Å². The summed E-state index contributed by atoms with van der Waals surface area (Å²) in [5.74, 6) is -0.177. The summed E-state index contributed by atoms with van der Waals surface area (Å²) >= 11 is 0. The Labute approximate surface area is 118 Å². The number of hydrogen-bond donors (Lipinski definition) is 1. The number of amides is 1. The molecular weight excluding hydrogens is 252 g/mol. The largest absolute Gasteiger partial charge is 0.383 e. The second kappa shape index (κ2) is 7.40. The molecule has 0 saturated heterocycles. The van der Waals surface area contributed by atoms with Crippen LogP contribution in [0.4, 0.5) is 0 Å². The second-order valence-electron chi connectivity index (χ2n) is 4.53. The molecule has 0 fully saturated rings. The van der Waals surface area contributed by atoms with Gasteiger partial charge in [-0.05, 0) is 24.1 Å². The fourth-order valence-electron chi connectivity index (χ4n) is 2.01. The molecule has 0 aliphatic heterocycles. The van der Waals surface area contributed by atoms with E-state index in [0.29, 0.717) is 12.3 Å². The highest BCUT2D eigenvalue weighted by Gasteiger charge is 2.14. The molecule has 1 amide bonds. The molecule has 1 N–H and O–H groups in total. The van der Waals surface area contributed by atoms with E-state index >= 15 is 0 Å². The molecule has 0 saturated carbocycles. The standard InChI is InChI=1S/C16H18N2O2/c1-20-12-14(11-13-7-3-2-4-8-13)18-16(19)15-9-5-6-10-17-15/h2-10,14H,11-12H2,1H3,(H,18,19)/t14-/m0/s1. The van der Waals surface area contributed by atoms with Crippen molar-refractivity contribution in [1.29, 1.82) is 0 Å². The number of rotatable bonds is 6. The summed E-state index contributed by atoms with van der Waals surface area (Å²) in [6.07, 6.45) is 2.34. The first kappa shape index (κ1) is 14.2. The number of nitrogens with one attached hydrogen (secondary N) is 1. The average molecular weight is 270 g/mol. The maximum Gasteiger partial charge on any atom is 0.270 e. The molecule has 0 spiro atoms. The third-order valence-electron chi connectivity index (χ3n) is 2.93. The average Bonchev–Trinajstić information content (AvgIpc) is 2.49. The topological polar surface area (TPSA) is 51.2 Å². The van der Waals surface area contributed by atoms with E-state index in [1.165, 1.54) is 0 Å². The number of benzene rings is 1. The minimum absolute atomic E-state index is 0.0723. The zero-order valence-electron chi connectivity index (χ0n) is 11.5. The van der Waals surface area contributed by atoms with Gasteiger partial charge >= 0.3 is 0 Å². The molecule has 0 aliphatic rings. The third-order valence-corrected chi connectivity index (χ3v) is 2.93. The minimum atomic E-state index is -0.177. The van der Waals surface area contributed by atoms with E-state index in [0.717, 1.165) is 12.0 Å². The molecule has 2 rings (SSSR count). The van der Waals surface area contributed by atoms with Crippen LogP contribution in [0.25, 0.3) is 0 Å². The molecule has 2 aromatic rings. The van der Waals surface area contributed by atoms with Crippen LogP contribution in [0, 0.1) is 0 Å². The zero-order chi connectivity index (χ0) is 14.2. The first-order valence-electron chi connectivity index (χ1n) is 6.54. The number of hydrogen-bond acceptors (Lipinski definition) is 3. The van der Waals surface area contributed by atoms with Crippen molar-refractivity contribution in [2.45, 2.75) is 12.5 Å². The Balaban J connectivity index is 2.00. The van der Waals surface area contributed by atoms with Crippen molar-refractivity contribution in [2.75, 3.05) is 13.7 Å². The van der Waals surface area contributed by atoms with Crippen molar-refractivity contribution < 1.29 is 9.53 Å². The van der Waals surface area contributed by atoms with Gasteiger partial charge in [-0.2, -0.15) is 0 Å². The van der Waals surface area contributed by atoms with Crippen LogP contribution in [-0.4, -0.2) is 30.6 Å². The maximum absolute atomic E-state index is 12.1. The van der Waals surface area contributed by atoms with Gasteiger partial charge in [-0.25, -0.2) is 0 Å². The summed E-state index contributed by atoms with van der Waals surface area (Å²) in [5, 5.41) is 2.96. The Hall–Kier alpha value is -2.20. The van der Waals surface area contributed by atoms with Gasteiger partial charge < -0.3 is 10.1 Å². The van der Waals surface area contributed by atoms with Crippen molar-refractivity contribution in [1.82, 2.24) is 10.3 Å². The quantitative estimate of drug-likeness (QED) is 0.874. The van der Waals surface area contributed by atoms with Gasteiger partial charge in [0.15, 0.2) is 0 Å². The molecule has 0 radical (unpaired) electrons. The highest BCUT2D eigenvalue weighted by Crippen LogP contribution is 2.04. The van der Waals surface area contributed by atoms with Crippen molar-refractivity contribution in [3.05, 3.63) is 66.0 Å². The van der Waals surface area contributed by atoms with Crippen LogP contribution in [0.5, 0.6) is 0 Å². The van der Waals surface area contributed by atoms with E-state index < -0.39 is 0 Å². The molecule has 1 atom stereocenters. The molecule has 20 heavy (non-hydrogen) atoms. The number of nitrogens with zero attached hydrogens (tertiary/aromatic N) is 1. The molecule has 1 aromatic heterocycles. The summed E-state index contributed by atoms with van der Waals surface area (Å²) in [7, 11) is 1.63. The summed E-state index contributed by atoms with van der Waals surface area (Å²) in [6, 6.07) is 15.2. The lowest BCUT2D eigenvalue weighted by Gasteiger charge is -2.17.